The second-order valence-corrected chi connectivity index (χ2v) is 6.69. The number of hydrogen-bond donors (Lipinski definition) is 1. The maximum Gasteiger partial charge on any atom is 0.255 e. The van der Waals surface area contributed by atoms with Gasteiger partial charge < -0.3 is 9.84 Å². The van der Waals surface area contributed by atoms with Gasteiger partial charge in [-0.05, 0) is 49.2 Å². The Morgan fingerprint density at radius 3 is 2.71 bits per heavy atom. The average molecular weight is 384 g/mol. The summed E-state index contributed by atoms with van der Waals surface area (Å²) in [5, 5.41) is 6.92. The van der Waals surface area contributed by atoms with Crippen molar-refractivity contribution in [1.29, 1.82) is 0 Å². The number of rotatable bonds is 4. The molecule has 1 fully saturated rings. The van der Waals surface area contributed by atoms with Gasteiger partial charge in [0, 0.05) is 27.2 Å². The van der Waals surface area contributed by atoms with Crippen molar-refractivity contribution in [3.8, 4) is 11.4 Å². The first kappa shape index (κ1) is 15.1. The lowest BCUT2D eigenvalue weighted by Gasteiger charge is -2.06. The number of benzene rings is 2. The first-order valence-corrected chi connectivity index (χ1v) is 8.49. The topological polar surface area (TPSA) is 68.0 Å². The quantitative estimate of drug-likeness (QED) is 0.712. The summed E-state index contributed by atoms with van der Waals surface area (Å²) < 4.78 is 6.23. The normalized spacial score (nSPS) is 13.7. The van der Waals surface area contributed by atoms with Crippen molar-refractivity contribution in [2.75, 3.05) is 5.32 Å². The van der Waals surface area contributed by atoms with E-state index in [2.05, 4.69) is 31.4 Å². The summed E-state index contributed by atoms with van der Waals surface area (Å²) in [5.41, 5.74) is 2.11. The van der Waals surface area contributed by atoms with E-state index in [9.17, 15) is 4.79 Å². The van der Waals surface area contributed by atoms with E-state index in [4.69, 9.17) is 4.52 Å². The molecule has 1 aliphatic carbocycles. The lowest BCUT2D eigenvalue weighted by molar-refractivity contribution is 0.102. The van der Waals surface area contributed by atoms with Gasteiger partial charge in [-0.25, -0.2) is 0 Å². The molecule has 1 aromatic heterocycles. The molecule has 2 aromatic carbocycles. The summed E-state index contributed by atoms with van der Waals surface area (Å²) >= 11 is 3.36. The van der Waals surface area contributed by atoms with Crippen LogP contribution < -0.4 is 5.32 Å². The molecule has 120 valence electrons. The number of anilines is 1. The SMILES string of the molecule is O=C(Nc1cccc(-c2noc(C3CC3)n2)c1)c1ccc(Br)cc1. The number of carbonyl (C=O) groups excluding carboxylic acids is 1. The Kier molecular flexibility index (Phi) is 3.90. The summed E-state index contributed by atoms with van der Waals surface area (Å²) in [5.74, 6) is 1.52. The molecule has 1 aliphatic rings. The maximum atomic E-state index is 12.3. The molecule has 0 spiro atoms. The number of nitrogens with one attached hydrogen (secondary N) is 1. The van der Waals surface area contributed by atoms with E-state index >= 15 is 0 Å². The fraction of sp³-hybridized carbons (Fsp3) is 0.167. The molecule has 6 heteroatoms. The van der Waals surface area contributed by atoms with E-state index in [1.165, 1.54) is 0 Å². The lowest BCUT2D eigenvalue weighted by Crippen LogP contribution is -2.11. The Labute approximate surface area is 147 Å². The Bertz CT molecular complexity index is 885. The Balaban J connectivity index is 1.53. The highest BCUT2D eigenvalue weighted by atomic mass is 79.9. The van der Waals surface area contributed by atoms with Crippen LogP contribution in [0.2, 0.25) is 0 Å². The van der Waals surface area contributed by atoms with E-state index in [1.54, 1.807) is 12.1 Å². The minimum absolute atomic E-state index is 0.161. The van der Waals surface area contributed by atoms with Crippen LogP contribution in [-0.4, -0.2) is 16.0 Å². The molecule has 0 unspecified atom stereocenters. The molecule has 24 heavy (non-hydrogen) atoms. The van der Waals surface area contributed by atoms with Gasteiger partial charge in [-0.2, -0.15) is 4.98 Å². The summed E-state index contributed by atoms with van der Waals surface area (Å²) in [6.07, 6.45) is 2.23. The van der Waals surface area contributed by atoms with Crippen molar-refractivity contribution in [1.82, 2.24) is 10.1 Å². The van der Waals surface area contributed by atoms with E-state index in [1.807, 2.05) is 36.4 Å². The van der Waals surface area contributed by atoms with Gasteiger partial charge in [0.15, 0.2) is 0 Å². The van der Waals surface area contributed by atoms with Crippen molar-refractivity contribution >= 4 is 27.5 Å². The number of hydrogen-bond acceptors (Lipinski definition) is 4. The minimum atomic E-state index is -0.161. The highest BCUT2D eigenvalue weighted by molar-refractivity contribution is 9.10. The van der Waals surface area contributed by atoms with Crippen LogP contribution in [0.3, 0.4) is 0 Å². The molecule has 4 rings (SSSR count). The van der Waals surface area contributed by atoms with Crippen LogP contribution in [-0.2, 0) is 0 Å². The fourth-order valence-electron chi connectivity index (χ4n) is 2.39. The summed E-state index contributed by atoms with van der Waals surface area (Å²) in [7, 11) is 0. The molecule has 3 aromatic rings. The molecule has 1 N–H and O–H groups in total. The summed E-state index contributed by atoms with van der Waals surface area (Å²) in [4.78, 5) is 16.7. The van der Waals surface area contributed by atoms with Crippen LogP contribution in [0.4, 0.5) is 5.69 Å². The third-order valence-electron chi connectivity index (χ3n) is 3.85. The van der Waals surface area contributed by atoms with Gasteiger partial charge in [0.05, 0.1) is 0 Å². The second kappa shape index (κ2) is 6.20. The molecule has 1 heterocycles. The predicted molar refractivity (Wildman–Crippen MR) is 93.8 cm³/mol. The van der Waals surface area contributed by atoms with Crippen molar-refractivity contribution in [2.45, 2.75) is 18.8 Å². The van der Waals surface area contributed by atoms with Crippen molar-refractivity contribution < 1.29 is 9.32 Å². The molecule has 0 radical (unpaired) electrons. The van der Waals surface area contributed by atoms with E-state index < -0.39 is 0 Å². The van der Waals surface area contributed by atoms with Gasteiger partial charge >= 0.3 is 0 Å². The number of nitrogens with zero attached hydrogens (tertiary/aromatic N) is 2. The zero-order valence-electron chi connectivity index (χ0n) is 12.7. The number of aromatic nitrogens is 2. The van der Waals surface area contributed by atoms with Gasteiger partial charge in [-0.1, -0.05) is 33.2 Å². The third kappa shape index (κ3) is 3.23. The first-order chi connectivity index (χ1) is 11.7. The van der Waals surface area contributed by atoms with Crippen molar-refractivity contribution in [3.63, 3.8) is 0 Å². The molecule has 1 amide bonds. The second-order valence-electron chi connectivity index (χ2n) is 5.77. The first-order valence-electron chi connectivity index (χ1n) is 7.70. The van der Waals surface area contributed by atoms with E-state index in [-0.39, 0.29) is 5.91 Å². The van der Waals surface area contributed by atoms with Crippen LogP contribution in [0.1, 0.15) is 35.0 Å². The Morgan fingerprint density at radius 2 is 1.96 bits per heavy atom. The van der Waals surface area contributed by atoms with E-state index in [0.717, 1.165) is 22.9 Å². The Hall–Kier alpha value is -2.47. The van der Waals surface area contributed by atoms with Crippen molar-refractivity contribution in [2.24, 2.45) is 0 Å². The number of carbonyl (C=O) groups is 1. The highest BCUT2D eigenvalue weighted by Crippen LogP contribution is 2.39. The molecule has 0 saturated heterocycles. The molecular formula is C18H14BrN3O2. The molecule has 0 bridgehead atoms. The van der Waals surface area contributed by atoms with Gasteiger partial charge in [-0.3, -0.25) is 4.79 Å². The van der Waals surface area contributed by atoms with Crippen LogP contribution in [0.5, 0.6) is 0 Å². The zero-order valence-corrected chi connectivity index (χ0v) is 14.3. The lowest BCUT2D eigenvalue weighted by atomic mass is 10.1. The van der Waals surface area contributed by atoms with Crippen LogP contribution in [0, 0.1) is 0 Å². The molecule has 0 aliphatic heterocycles. The Morgan fingerprint density at radius 1 is 1.17 bits per heavy atom. The highest BCUT2D eigenvalue weighted by Gasteiger charge is 2.29. The monoisotopic (exact) mass is 383 g/mol. The largest absolute Gasteiger partial charge is 0.339 e. The van der Waals surface area contributed by atoms with Crippen molar-refractivity contribution in [3.05, 3.63) is 64.5 Å². The molecule has 5 nitrogen and oxygen atoms in total. The molecule has 1 saturated carbocycles. The molecule has 0 atom stereocenters. The van der Waals surface area contributed by atoms with Crippen LogP contribution >= 0.6 is 15.9 Å². The standard InChI is InChI=1S/C18H14BrN3O2/c19-14-8-6-11(7-9-14)17(23)20-15-3-1-2-13(10-15)16-21-18(24-22-16)12-4-5-12/h1-3,6-10,12H,4-5H2,(H,20,23). The summed E-state index contributed by atoms with van der Waals surface area (Å²) in [6, 6.07) is 14.7. The van der Waals surface area contributed by atoms with Gasteiger partial charge in [0.2, 0.25) is 11.7 Å². The van der Waals surface area contributed by atoms with Gasteiger partial charge in [0.25, 0.3) is 5.91 Å². The number of halogens is 1. The van der Waals surface area contributed by atoms with Crippen LogP contribution in [0.25, 0.3) is 11.4 Å². The summed E-state index contributed by atoms with van der Waals surface area (Å²) in [6.45, 7) is 0. The minimum Gasteiger partial charge on any atom is -0.339 e. The third-order valence-corrected chi connectivity index (χ3v) is 4.38. The smallest absolute Gasteiger partial charge is 0.255 e. The number of amides is 1. The van der Waals surface area contributed by atoms with Gasteiger partial charge in [0.1, 0.15) is 0 Å². The average Bonchev–Trinajstić information content (AvgIpc) is 3.33. The van der Waals surface area contributed by atoms with Gasteiger partial charge in [-0.15, -0.1) is 0 Å². The zero-order chi connectivity index (χ0) is 16.5. The predicted octanol–water partition coefficient (Wildman–Crippen LogP) is 4.63. The van der Waals surface area contributed by atoms with Crippen LogP contribution in [0.15, 0.2) is 57.5 Å². The fourth-order valence-corrected chi connectivity index (χ4v) is 2.65. The molecular weight excluding hydrogens is 370 g/mol. The maximum absolute atomic E-state index is 12.3. The van der Waals surface area contributed by atoms with E-state index in [0.29, 0.717) is 28.9 Å².